The van der Waals surface area contributed by atoms with Gasteiger partial charge in [-0.25, -0.2) is 4.98 Å². The maximum absolute atomic E-state index is 11.7. The van der Waals surface area contributed by atoms with Crippen LogP contribution in [0.2, 0.25) is 0 Å². The Balaban J connectivity index is 0.000000816. The van der Waals surface area contributed by atoms with Crippen LogP contribution in [0.25, 0.3) is 11.1 Å². The van der Waals surface area contributed by atoms with Crippen LogP contribution in [-0.2, 0) is 4.79 Å². The number of nitrogens with zero attached hydrogens (tertiary/aromatic N) is 1. The molecule has 0 aliphatic heterocycles. The van der Waals surface area contributed by atoms with Crippen LogP contribution in [0.5, 0.6) is 5.75 Å². The summed E-state index contributed by atoms with van der Waals surface area (Å²) in [5, 5.41) is 9.49. The van der Waals surface area contributed by atoms with Gasteiger partial charge in [-0.3, -0.25) is 9.59 Å². The zero-order valence-electron chi connectivity index (χ0n) is 13.2. The van der Waals surface area contributed by atoms with E-state index in [9.17, 15) is 4.79 Å². The SMILES string of the molecule is CNC(=O)c1ccc(OC)c(-c2cnc(N)cc2C)c1.O=CO. The van der Waals surface area contributed by atoms with E-state index in [0.717, 1.165) is 16.7 Å². The van der Waals surface area contributed by atoms with Crippen LogP contribution in [0.3, 0.4) is 0 Å². The zero-order valence-corrected chi connectivity index (χ0v) is 13.2. The Morgan fingerprint density at radius 1 is 1.35 bits per heavy atom. The van der Waals surface area contributed by atoms with E-state index in [1.54, 1.807) is 44.6 Å². The van der Waals surface area contributed by atoms with Gasteiger partial charge in [0.05, 0.1) is 7.11 Å². The van der Waals surface area contributed by atoms with Crippen molar-refractivity contribution in [2.75, 3.05) is 19.9 Å². The lowest BCUT2D eigenvalue weighted by atomic mass is 9.99. The highest BCUT2D eigenvalue weighted by atomic mass is 16.5. The summed E-state index contributed by atoms with van der Waals surface area (Å²) in [6, 6.07) is 7.08. The first kappa shape index (κ1) is 18.0. The second kappa shape index (κ2) is 8.38. The molecular weight excluding hydrogens is 298 g/mol. The monoisotopic (exact) mass is 317 g/mol. The lowest BCUT2D eigenvalue weighted by Gasteiger charge is -2.12. The molecule has 0 atom stereocenters. The quantitative estimate of drug-likeness (QED) is 0.742. The molecule has 1 aromatic carbocycles. The minimum Gasteiger partial charge on any atom is -0.496 e. The summed E-state index contributed by atoms with van der Waals surface area (Å²) in [5.74, 6) is 1.01. The van der Waals surface area contributed by atoms with Crippen LogP contribution in [0.15, 0.2) is 30.5 Å². The summed E-state index contributed by atoms with van der Waals surface area (Å²) in [4.78, 5) is 24.2. The lowest BCUT2D eigenvalue weighted by Crippen LogP contribution is -2.17. The minimum atomic E-state index is -0.250. The molecule has 0 saturated carbocycles. The number of carboxylic acid groups (broad SMARTS) is 1. The molecule has 0 radical (unpaired) electrons. The van der Waals surface area contributed by atoms with Crippen LogP contribution >= 0.6 is 0 Å². The number of nitrogens with two attached hydrogens (primary N) is 1. The molecule has 23 heavy (non-hydrogen) atoms. The van der Waals surface area contributed by atoms with E-state index >= 15 is 0 Å². The average Bonchev–Trinajstić information content (AvgIpc) is 2.54. The third-order valence-electron chi connectivity index (χ3n) is 3.11. The first-order chi connectivity index (χ1) is 11.0. The van der Waals surface area contributed by atoms with E-state index in [1.807, 2.05) is 6.92 Å². The Morgan fingerprint density at radius 2 is 2.00 bits per heavy atom. The molecule has 7 nitrogen and oxygen atoms in total. The summed E-state index contributed by atoms with van der Waals surface area (Å²) in [7, 11) is 3.20. The van der Waals surface area contributed by atoms with E-state index in [-0.39, 0.29) is 12.4 Å². The molecule has 0 saturated heterocycles. The normalized spacial score (nSPS) is 9.35. The molecule has 0 aliphatic rings. The van der Waals surface area contributed by atoms with Crippen LogP contribution in [0.1, 0.15) is 15.9 Å². The topological polar surface area (TPSA) is 115 Å². The summed E-state index contributed by atoms with van der Waals surface area (Å²) < 4.78 is 5.36. The van der Waals surface area contributed by atoms with Gasteiger partial charge in [0, 0.05) is 29.9 Å². The van der Waals surface area contributed by atoms with E-state index in [0.29, 0.717) is 17.1 Å². The fraction of sp³-hybridized carbons (Fsp3) is 0.188. The Kier molecular flexibility index (Phi) is 6.54. The number of aryl methyl sites for hydroxylation is 1. The number of amides is 1. The molecule has 7 heteroatoms. The predicted octanol–water partition coefficient (Wildman–Crippen LogP) is 1.71. The number of methoxy groups -OCH3 is 1. The molecule has 1 heterocycles. The first-order valence-corrected chi connectivity index (χ1v) is 6.68. The minimum absolute atomic E-state index is 0.144. The number of benzene rings is 1. The number of rotatable bonds is 3. The van der Waals surface area contributed by atoms with Gasteiger partial charge >= 0.3 is 0 Å². The van der Waals surface area contributed by atoms with E-state index < -0.39 is 0 Å². The second-order valence-corrected chi connectivity index (χ2v) is 4.52. The van der Waals surface area contributed by atoms with Gasteiger partial charge in [-0.05, 0) is 36.8 Å². The van der Waals surface area contributed by atoms with Crippen molar-refractivity contribution >= 4 is 18.2 Å². The first-order valence-electron chi connectivity index (χ1n) is 6.68. The Bertz CT molecular complexity index is 702. The summed E-state index contributed by atoms with van der Waals surface area (Å²) in [6.07, 6.45) is 1.69. The fourth-order valence-electron chi connectivity index (χ4n) is 2.06. The molecule has 0 unspecified atom stereocenters. The van der Waals surface area contributed by atoms with Crippen molar-refractivity contribution in [2.24, 2.45) is 0 Å². The summed E-state index contributed by atoms with van der Waals surface area (Å²) >= 11 is 0. The predicted molar refractivity (Wildman–Crippen MR) is 87.5 cm³/mol. The van der Waals surface area contributed by atoms with E-state index in [1.165, 1.54) is 0 Å². The highest BCUT2D eigenvalue weighted by Crippen LogP contribution is 2.33. The third kappa shape index (κ3) is 4.44. The molecule has 0 fully saturated rings. The van der Waals surface area contributed by atoms with E-state index in [2.05, 4.69) is 10.3 Å². The van der Waals surface area contributed by atoms with Crippen molar-refractivity contribution in [3.05, 3.63) is 41.6 Å². The maximum Gasteiger partial charge on any atom is 0.290 e. The van der Waals surface area contributed by atoms with Crippen molar-refractivity contribution in [2.45, 2.75) is 6.92 Å². The van der Waals surface area contributed by atoms with Crippen molar-refractivity contribution in [3.63, 3.8) is 0 Å². The molecule has 0 aliphatic carbocycles. The van der Waals surface area contributed by atoms with Gasteiger partial charge in [0.2, 0.25) is 0 Å². The van der Waals surface area contributed by atoms with Crippen LogP contribution in [-0.4, -0.2) is 36.6 Å². The van der Waals surface area contributed by atoms with Gasteiger partial charge < -0.3 is 20.9 Å². The second-order valence-electron chi connectivity index (χ2n) is 4.52. The highest BCUT2D eigenvalue weighted by Gasteiger charge is 2.13. The molecule has 0 spiro atoms. The molecule has 2 aromatic rings. The van der Waals surface area contributed by atoms with Crippen molar-refractivity contribution in [3.8, 4) is 16.9 Å². The smallest absolute Gasteiger partial charge is 0.290 e. The number of hydrogen-bond donors (Lipinski definition) is 3. The number of ether oxygens (including phenoxy) is 1. The highest BCUT2D eigenvalue weighted by molar-refractivity contribution is 5.96. The summed E-state index contributed by atoms with van der Waals surface area (Å²) in [6.45, 7) is 1.69. The third-order valence-corrected chi connectivity index (χ3v) is 3.11. The number of hydrogen-bond acceptors (Lipinski definition) is 5. The maximum atomic E-state index is 11.7. The Hall–Kier alpha value is -3.09. The summed E-state index contributed by atoms with van der Waals surface area (Å²) in [5.41, 5.74) is 8.92. The van der Waals surface area contributed by atoms with Crippen molar-refractivity contribution < 1.29 is 19.4 Å². The van der Waals surface area contributed by atoms with Gasteiger partial charge in [-0.1, -0.05) is 0 Å². The van der Waals surface area contributed by atoms with Gasteiger partial charge in [0.1, 0.15) is 11.6 Å². The zero-order chi connectivity index (χ0) is 17.4. The van der Waals surface area contributed by atoms with Crippen LogP contribution in [0, 0.1) is 6.92 Å². The fourth-order valence-corrected chi connectivity index (χ4v) is 2.06. The van der Waals surface area contributed by atoms with E-state index in [4.69, 9.17) is 20.4 Å². The average molecular weight is 317 g/mol. The number of pyridine rings is 1. The Morgan fingerprint density at radius 3 is 2.52 bits per heavy atom. The van der Waals surface area contributed by atoms with Gasteiger partial charge in [-0.15, -0.1) is 0 Å². The van der Waals surface area contributed by atoms with Gasteiger partial charge in [-0.2, -0.15) is 0 Å². The van der Waals surface area contributed by atoms with Crippen molar-refractivity contribution in [1.82, 2.24) is 10.3 Å². The Labute approximate surface area is 134 Å². The largest absolute Gasteiger partial charge is 0.496 e. The van der Waals surface area contributed by atoms with Gasteiger partial charge in [0.15, 0.2) is 0 Å². The number of nitrogens with one attached hydrogen (secondary N) is 1. The lowest BCUT2D eigenvalue weighted by molar-refractivity contribution is -0.122. The number of carbonyl (C=O) groups excluding carboxylic acids is 1. The standard InChI is InChI=1S/C15H17N3O2.CH2O2/c1-9-6-14(16)18-8-12(9)11-7-10(15(19)17-2)4-5-13(11)20-3;2-1-3/h4-8H,1-3H3,(H2,16,18)(H,17,19);1H,(H,2,3). The van der Waals surface area contributed by atoms with Gasteiger partial charge in [0.25, 0.3) is 12.4 Å². The number of nitrogen functional groups attached to an aromatic ring is 1. The molecule has 122 valence electrons. The van der Waals surface area contributed by atoms with Crippen LogP contribution < -0.4 is 15.8 Å². The molecule has 1 aromatic heterocycles. The molecular formula is C16H19N3O4. The number of anilines is 1. The molecule has 1 amide bonds. The van der Waals surface area contributed by atoms with Crippen LogP contribution in [0.4, 0.5) is 5.82 Å². The number of carbonyl (C=O) groups is 2. The molecule has 4 N–H and O–H groups in total. The number of aromatic nitrogens is 1. The molecule has 0 bridgehead atoms. The van der Waals surface area contributed by atoms with Crippen molar-refractivity contribution in [1.29, 1.82) is 0 Å². The molecule has 2 rings (SSSR count).